The quantitative estimate of drug-likeness (QED) is 0.215. The summed E-state index contributed by atoms with van der Waals surface area (Å²) in [6, 6.07) is 0. The van der Waals surface area contributed by atoms with Gasteiger partial charge in [-0.15, -0.1) is 5.06 Å². The van der Waals surface area contributed by atoms with Gasteiger partial charge >= 0.3 is 5.97 Å². The van der Waals surface area contributed by atoms with E-state index in [1.807, 2.05) is 0 Å². The molecule has 4 amide bonds. The highest BCUT2D eigenvalue weighted by Gasteiger charge is 2.32. The number of nitrogens with zero attached hydrogens (tertiary/aromatic N) is 2. The summed E-state index contributed by atoms with van der Waals surface area (Å²) in [5, 5.41) is 0.503. The van der Waals surface area contributed by atoms with Gasteiger partial charge in [0.2, 0.25) is 0 Å². The first-order chi connectivity index (χ1) is 15.0. The number of rotatable bonds is 16. The van der Waals surface area contributed by atoms with E-state index in [2.05, 4.69) is 0 Å². The van der Waals surface area contributed by atoms with Crippen LogP contribution in [-0.2, 0) is 47.8 Å². The minimum absolute atomic E-state index is 0.0533. The van der Waals surface area contributed by atoms with Gasteiger partial charge < -0.3 is 23.8 Å². The Labute approximate surface area is 178 Å². The maximum Gasteiger partial charge on any atom is 0.335 e. The number of imide groups is 2. The third kappa shape index (κ3) is 8.92. The van der Waals surface area contributed by atoms with E-state index in [1.165, 1.54) is 12.2 Å². The molecule has 172 valence electrons. The molecule has 2 aliphatic rings. The fourth-order valence-electron chi connectivity index (χ4n) is 2.53. The summed E-state index contributed by atoms with van der Waals surface area (Å²) >= 11 is 0. The molecule has 1 saturated heterocycles. The van der Waals surface area contributed by atoms with Crippen molar-refractivity contribution in [1.82, 2.24) is 9.96 Å². The van der Waals surface area contributed by atoms with Crippen molar-refractivity contribution in [2.75, 3.05) is 59.4 Å². The van der Waals surface area contributed by atoms with Crippen LogP contribution in [0, 0.1) is 0 Å². The molecule has 0 aliphatic carbocycles. The molecule has 0 bridgehead atoms. The number of hydrogen-bond donors (Lipinski definition) is 0. The third-order valence-electron chi connectivity index (χ3n) is 4.13. The van der Waals surface area contributed by atoms with Crippen LogP contribution in [0.15, 0.2) is 12.2 Å². The molecule has 0 radical (unpaired) electrons. The first-order valence-corrected chi connectivity index (χ1v) is 9.90. The van der Waals surface area contributed by atoms with Gasteiger partial charge in [-0.3, -0.25) is 24.1 Å². The lowest BCUT2D eigenvalue weighted by molar-refractivity contribution is -0.198. The Hall–Kier alpha value is -2.67. The SMILES string of the molecule is O=C(CCOCCOCCOCCOCCN1C(=O)C=CC1=O)ON1C(=O)CCC1=O. The number of carbonyl (C=O) groups excluding carboxylic acids is 5. The van der Waals surface area contributed by atoms with E-state index in [0.29, 0.717) is 38.1 Å². The third-order valence-corrected chi connectivity index (χ3v) is 4.13. The fraction of sp³-hybridized carbons (Fsp3) is 0.632. The van der Waals surface area contributed by atoms with Crippen LogP contribution in [0.3, 0.4) is 0 Å². The van der Waals surface area contributed by atoms with Gasteiger partial charge in [0, 0.05) is 25.0 Å². The Morgan fingerprint density at radius 2 is 1.16 bits per heavy atom. The second kappa shape index (κ2) is 13.6. The van der Waals surface area contributed by atoms with E-state index in [0.717, 1.165) is 4.90 Å². The van der Waals surface area contributed by atoms with E-state index in [1.54, 1.807) is 0 Å². The van der Waals surface area contributed by atoms with Crippen LogP contribution in [0.4, 0.5) is 0 Å². The van der Waals surface area contributed by atoms with Crippen LogP contribution in [0.25, 0.3) is 0 Å². The lowest BCUT2D eigenvalue weighted by atomic mass is 10.4. The zero-order valence-electron chi connectivity index (χ0n) is 17.1. The Balaban J connectivity index is 1.31. The average molecular weight is 442 g/mol. The molecule has 12 nitrogen and oxygen atoms in total. The summed E-state index contributed by atoms with van der Waals surface area (Å²) < 4.78 is 21.1. The van der Waals surface area contributed by atoms with Crippen molar-refractivity contribution < 1.29 is 47.8 Å². The predicted octanol–water partition coefficient (Wildman–Crippen LogP) is -1.02. The molecular weight excluding hydrogens is 416 g/mol. The first kappa shape index (κ1) is 24.6. The molecule has 0 atom stereocenters. The van der Waals surface area contributed by atoms with E-state index in [9.17, 15) is 24.0 Å². The minimum atomic E-state index is -0.713. The smallest absolute Gasteiger partial charge is 0.335 e. The summed E-state index contributed by atoms with van der Waals surface area (Å²) in [4.78, 5) is 62.6. The van der Waals surface area contributed by atoms with Gasteiger partial charge in [0.15, 0.2) is 0 Å². The normalized spacial score (nSPS) is 16.1. The number of carbonyl (C=O) groups is 5. The molecule has 2 heterocycles. The van der Waals surface area contributed by atoms with Crippen LogP contribution in [0.5, 0.6) is 0 Å². The molecule has 0 N–H and O–H groups in total. The van der Waals surface area contributed by atoms with E-state index in [-0.39, 0.29) is 57.4 Å². The molecule has 0 unspecified atom stereocenters. The van der Waals surface area contributed by atoms with Crippen molar-refractivity contribution in [2.24, 2.45) is 0 Å². The predicted molar refractivity (Wildman–Crippen MR) is 101 cm³/mol. The van der Waals surface area contributed by atoms with Crippen LogP contribution in [-0.4, -0.2) is 99.0 Å². The largest absolute Gasteiger partial charge is 0.378 e. The lowest BCUT2D eigenvalue weighted by Crippen LogP contribution is -2.33. The number of amides is 4. The molecule has 0 aromatic carbocycles. The fourth-order valence-corrected chi connectivity index (χ4v) is 2.53. The van der Waals surface area contributed by atoms with Crippen molar-refractivity contribution >= 4 is 29.6 Å². The zero-order valence-corrected chi connectivity index (χ0v) is 17.1. The van der Waals surface area contributed by atoms with Crippen molar-refractivity contribution in [1.29, 1.82) is 0 Å². The van der Waals surface area contributed by atoms with Crippen LogP contribution in [0.2, 0.25) is 0 Å². The summed E-state index contributed by atoms with van der Waals surface area (Å²) in [5.74, 6) is -2.42. The second-order valence-corrected chi connectivity index (χ2v) is 6.41. The number of hydroxylamine groups is 2. The van der Waals surface area contributed by atoms with E-state index < -0.39 is 17.8 Å². The summed E-state index contributed by atoms with van der Waals surface area (Å²) in [6.07, 6.45) is 2.48. The molecule has 0 spiro atoms. The monoisotopic (exact) mass is 442 g/mol. The van der Waals surface area contributed by atoms with Crippen molar-refractivity contribution in [3.8, 4) is 0 Å². The summed E-state index contributed by atoms with van der Waals surface area (Å²) in [6.45, 7) is 2.51. The van der Waals surface area contributed by atoms with Gasteiger partial charge in [-0.05, 0) is 0 Å². The highest BCUT2D eigenvalue weighted by atomic mass is 16.7. The molecule has 1 fully saturated rings. The Bertz CT molecular complexity index is 659. The molecule has 12 heteroatoms. The van der Waals surface area contributed by atoms with E-state index >= 15 is 0 Å². The molecule has 0 saturated carbocycles. The Morgan fingerprint density at radius 1 is 0.710 bits per heavy atom. The van der Waals surface area contributed by atoms with Gasteiger partial charge in [0.05, 0.1) is 65.8 Å². The summed E-state index contributed by atoms with van der Waals surface area (Å²) in [5.41, 5.74) is 0. The molecular formula is C19H26N2O10. The minimum Gasteiger partial charge on any atom is -0.378 e. The van der Waals surface area contributed by atoms with Crippen molar-refractivity contribution in [3.05, 3.63) is 12.2 Å². The van der Waals surface area contributed by atoms with Crippen molar-refractivity contribution in [3.63, 3.8) is 0 Å². The van der Waals surface area contributed by atoms with Gasteiger partial charge in [0.25, 0.3) is 23.6 Å². The standard InChI is InChI=1S/C19H26N2O10/c22-15-1-2-16(23)20(15)6-8-28-10-12-30-14-13-29-11-9-27-7-5-19(26)31-21-17(24)3-4-18(21)25/h1-2H,3-14H2. The topological polar surface area (TPSA) is 138 Å². The van der Waals surface area contributed by atoms with Gasteiger partial charge in [-0.2, -0.15) is 0 Å². The molecule has 2 rings (SSSR count). The average Bonchev–Trinajstić information content (AvgIpc) is 3.23. The first-order valence-electron chi connectivity index (χ1n) is 9.90. The van der Waals surface area contributed by atoms with Gasteiger partial charge in [-0.1, -0.05) is 0 Å². The highest BCUT2D eigenvalue weighted by molar-refractivity contribution is 6.12. The number of ether oxygens (including phenoxy) is 4. The van der Waals surface area contributed by atoms with Crippen molar-refractivity contribution in [2.45, 2.75) is 19.3 Å². The van der Waals surface area contributed by atoms with Gasteiger partial charge in [0.1, 0.15) is 0 Å². The van der Waals surface area contributed by atoms with Crippen LogP contribution >= 0.6 is 0 Å². The van der Waals surface area contributed by atoms with Crippen LogP contribution < -0.4 is 0 Å². The number of hydrogen-bond acceptors (Lipinski definition) is 10. The Kier molecular flexibility index (Phi) is 10.8. The maximum absolute atomic E-state index is 11.5. The maximum atomic E-state index is 11.5. The highest BCUT2D eigenvalue weighted by Crippen LogP contribution is 2.12. The second-order valence-electron chi connectivity index (χ2n) is 6.41. The molecule has 0 aromatic rings. The molecule has 2 aliphatic heterocycles. The zero-order chi connectivity index (χ0) is 22.5. The molecule has 31 heavy (non-hydrogen) atoms. The van der Waals surface area contributed by atoms with Gasteiger partial charge in [-0.25, -0.2) is 4.79 Å². The Morgan fingerprint density at radius 3 is 1.68 bits per heavy atom. The van der Waals surface area contributed by atoms with E-state index in [4.69, 9.17) is 23.8 Å². The van der Waals surface area contributed by atoms with Crippen LogP contribution in [0.1, 0.15) is 19.3 Å². The molecule has 0 aromatic heterocycles. The lowest BCUT2D eigenvalue weighted by Gasteiger charge is -2.13. The summed E-state index contributed by atoms with van der Waals surface area (Å²) in [7, 11) is 0.